The summed E-state index contributed by atoms with van der Waals surface area (Å²) in [4.78, 5) is 10.4. The molecule has 0 aromatic rings. The lowest BCUT2D eigenvalue weighted by atomic mass is 10.7. The highest BCUT2D eigenvalue weighted by Crippen LogP contribution is 1.85. The van der Waals surface area contributed by atoms with Crippen molar-refractivity contribution in [3.63, 3.8) is 0 Å². The fourth-order valence-electron chi connectivity index (χ4n) is 0.285. The lowest BCUT2D eigenvalue weighted by Gasteiger charge is -1.92. The zero-order valence-electron chi connectivity index (χ0n) is 6.26. The van der Waals surface area contributed by atoms with Crippen LogP contribution in [0.3, 0.4) is 0 Å². The molecular formula is C7H11O2Si. The molecule has 0 saturated heterocycles. The highest BCUT2D eigenvalue weighted by molar-refractivity contribution is 6.61. The van der Waals surface area contributed by atoms with Gasteiger partial charge in [0.05, 0.1) is 15.1 Å². The van der Waals surface area contributed by atoms with Crippen molar-refractivity contribution in [3.8, 4) is 0 Å². The lowest BCUT2D eigenvalue weighted by Crippen LogP contribution is -1.96. The van der Waals surface area contributed by atoms with Gasteiger partial charge in [0.15, 0.2) is 0 Å². The number of esters is 1. The van der Waals surface area contributed by atoms with E-state index < -0.39 is 14.8 Å². The molecule has 0 unspecified atom stereocenters. The molecular weight excluding hydrogens is 144 g/mol. The van der Waals surface area contributed by atoms with E-state index in [-0.39, 0.29) is 0 Å². The Bertz CT molecular complexity index is 150. The Hall–Kier alpha value is -0.833. The summed E-state index contributed by atoms with van der Waals surface area (Å²) >= 11 is 0. The number of carbonyl (C=O) groups is 1. The number of hydrogen-bond donors (Lipinski definition) is 0. The van der Waals surface area contributed by atoms with Gasteiger partial charge in [0.25, 0.3) is 0 Å². The minimum atomic E-state index is -0.430. The van der Waals surface area contributed by atoms with E-state index in [2.05, 4.69) is 24.4 Å². The Labute approximate surface area is 62.8 Å². The van der Waals surface area contributed by atoms with Crippen molar-refractivity contribution in [2.24, 2.45) is 0 Å². The normalized spacial score (nSPS) is 10.3. The highest BCUT2D eigenvalue weighted by atomic mass is 28.3. The van der Waals surface area contributed by atoms with Crippen molar-refractivity contribution in [2.45, 2.75) is 13.1 Å². The second-order valence-electron chi connectivity index (χ2n) is 2.02. The minimum Gasteiger partial charge on any atom is -0.432 e. The minimum absolute atomic E-state index is 0.403. The summed E-state index contributed by atoms with van der Waals surface area (Å²) in [6, 6.07) is 0. The van der Waals surface area contributed by atoms with Crippen molar-refractivity contribution in [1.82, 2.24) is 0 Å². The standard InChI is InChI=1S/C7H11O2Si/c1-4-7(8)9-5-6-10(2)3/h4-6H,1H2,2-3H3. The number of hydrogen-bond acceptors (Lipinski definition) is 2. The number of rotatable bonds is 3. The molecule has 0 atom stereocenters. The quantitative estimate of drug-likeness (QED) is 0.267. The van der Waals surface area contributed by atoms with Crippen LogP contribution in [0.4, 0.5) is 0 Å². The SMILES string of the molecule is C=CC(=O)OC=C[Si](C)C. The third-order valence-electron chi connectivity index (χ3n) is 0.752. The van der Waals surface area contributed by atoms with E-state index in [9.17, 15) is 4.79 Å². The molecule has 0 amide bonds. The molecule has 55 valence electrons. The van der Waals surface area contributed by atoms with Gasteiger partial charge >= 0.3 is 5.97 Å². The molecule has 0 aliphatic heterocycles. The molecule has 0 bridgehead atoms. The summed E-state index contributed by atoms with van der Waals surface area (Å²) < 4.78 is 4.59. The highest BCUT2D eigenvalue weighted by Gasteiger charge is 1.90. The van der Waals surface area contributed by atoms with Gasteiger partial charge in [-0.05, 0) is 0 Å². The zero-order valence-corrected chi connectivity index (χ0v) is 7.26. The van der Waals surface area contributed by atoms with E-state index in [1.165, 1.54) is 6.26 Å². The topological polar surface area (TPSA) is 26.3 Å². The van der Waals surface area contributed by atoms with Crippen LogP contribution in [0.2, 0.25) is 13.1 Å². The molecule has 10 heavy (non-hydrogen) atoms. The van der Waals surface area contributed by atoms with Gasteiger partial charge in [-0.2, -0.15) is 0 Å². The fraction of sp³-hybridized carbons (Fsp3) is 0.286. The first-order chi connectivity index (χ1) is 4.66. The first kappa shape index (κ1) is 9.17. The van der Waals surface area contributed by atoms with Crippen LogP contribution in [0.25, 0.3) is 0 Å². The largest absolute Gasteiger partial charge is 0.432 e. The molecule has 3 heteroatoms. The Morgan fingerprint density at radius 3 is 2.60 bits per heavy atom. The van der Waals surface area contributed by atoms with Crippen LogP contribution < -0.4 is 0 Å². The van der Waals surface area contributed by atoms with E-state index in [0.717, 1.165) is 6.08 Å². The Morgan fingerprint density at radius 2 is 2.20 bits per heavy atom. The second kappa shape index (κ2) is 4.99. The smallest absolute Gasteiger partial charge is 0.334 e. The van der Waals surface area contributed by atoms with Crippen LogP contribution in [0, 0.1) is 0 Å². The average molecular weight is 155 g/mol. The van der Waals surface area contributed by atoms with Gasteiger partial charge in [-0.1, -0.05) is 25.4 Å². The maximum Gasteiger partial charge on any atom is 0.334 e. The maximum atomic E-state index is 10.4. The van der Waals surface area contributed by atoms with Crippen LogP contribution >= 0.6 is 0 Å². The van der Waals surface area contributed by atoms with Crippen LogP contribution in [-0.2, 0) is 9.53 Å². The lowest BCUT2D eigenvalue weighted by molar-refractivity contribution is -0.132. The van der Waals surface area contributed by atoms with Gasteiger partial charge in [0.2, 0.25) is 0 Å². The summed E-state index contributed by atoms with van der Waals surface area (Å²) in [7, 11) is -0.430. The van der Waals surface area contributed by atoms with E-state index >= 15 is 0 Å². The summed E-state index contributed by atoms with van der Waals surface area (Å²) in [6.45, 7) is 7.46. The van der Waals surface area contributed by atoms with Crippen molar-refractivity contribution in [2.75, 3.05) is 0 Å². The predicted molar refractivity (Wildman–Crippen MR) is 42.9 cm³/mol. The molecule has 2 nitrogen and oxygen atoms in total. The maximum absolute atomic E-state index is 10.4. The first-order valence-corrected chi connectivity index (χ1v) is 5.54. The van der Waals surface area contributed by atoms with E-state index in [1.807, 2.05) is 5.70 Å². The fourth-order valence-corrected chi connectivity index (χ4v) is 0.625. The van der Waals surface area contributed by atoms with Crippen LogP contribution in [-0.4, -0.2) is 14.8 Å². The molecule has 0 aliphatic rings. The van der Waals surface area contributed by atoms with Gasteiger partial charge in [0.1, 0.15) is 0 Å². The molecule has 0 N–H and O–H groups in total. The first-order valence-electron chi connectivity index (χ1n) is 2.96. The number of ether oxygens (including phenoxy) is 1. The Kier molecular flexibility index (Phi) is 4.58. The summed E-state index contributed by atoms with van der Waals surface area (Å²) in [5.41, 5.74) is 1.89. The molecule has 0 heterocycles. The summed E-state index contributed by atoms with van der Waals surface area (Å²) in [5.74, 6) is -0.403. The van der Waals surface area contributed by atoms with Crippen molar-refractivity contribution in [1.29, 1.82) is 0 Å². The van der Waals surface area contributed by atoms with Crippen LogP contribution in [0.5, 0.6) is 0 Å². The monoisotopic (exact) mass is 155 g/mol. The van der Waals surface area contributed by atoms with Crippen molar-refractivity contribution < 1.29 is 9.53 Å². The Morgan fingerprint density at radius 1 is 1.60 bits per heavy atom. The third kappa shape index (κ3) is 5.31. The van der Waals surface area contributed by atoms with Crippen LogP contribution in [0.15, 0.2) is 24.6 Å². The second-order valence-corrected chi connectivity index (χ2v) is 4.51. The molecule has 0 aliphatic carbocycles. The van der Waals surface area contributed by atoms with Crippen molar-refractivity contribution in [3.05, 3.63) is 24.6 Å². The molecule has 0 aromatic carbocycles. The van der Waals surface area contributed by atoms with Gasteiger partial charge < -0.3 is 4.74 Å². The Balaban J connectivity index is 3.53. The van der Waals surface area contributed by atoms with Gasteiger partial charge in [-0.15, -0.1) is 0 Å². The molecule has 1 radical (unpaired) electrons. The zero-order chi connectivity index (χ0) is 7.98. The molecule has 0 aromatic heterocycles. The van der Waals surface area contributed by atoms with Gasteiger partial charge in [-0.25, -0.2) is 4.79 Å². The van der Waals surface area contributed by atoms with Crippen LogP contribution in [0.1, 0.15) is 0 Å². The summed E-state index contributed by atoms with van der Waals surface area (Å²) in [6.07, 6.45) is 2.57. The molecule has 0 saturated carbocycles. The number of carbonyl (C=O) groups excluding carboxylic acids is 1. The molecule has 0 rings (SSSR count). The third-order valence-corrected chi connectivity index (χ3v) is 1.55. The average Bonchev–Trinajstić information content (AvgIpc) is 1.87. The van der Waals surface area contributed by atoms with Gasteiger partial charge in [-0.3, -0.25) is 0 Å². The predicted octanol–water partition coefficient (Wildman–Crippen LogP) is 1.52. The van der Waals surface area contributed by atoms with E-state index in [0.29, 0.717) is 0 Å². The molecule has 0 spiro atoms. The molecule has 0 fully saturated rings. The van der Waals surface area contributed by atoms with Gasteiger partial charge in [0, 0.05) is 6.08 Å². The van der Waals surface area contributed by atoms with Crippen molar-refractivity contribution >= 4 is 14.8 Å². The van der Waals surface area contributed by atoms with E-state index in [4.69, 9.17) is 0 Å². The summed E-state index contributed by atoms with van der Waals surface area (Å²) in [5, 5.41) is 0. The van der Waals surface area contributed by atoms with E-state index in [1.54, 1.807) is 0 Å².